The van der Waals surface area contributed by atoms with E-state index in [4.69, 9.17) is 15.2 Å². The summed E-state index contributed by atoms with van der Waals surface area (Å²) in [5, 5.41) is 3.15. The molecule has 0 aliphatic heterocycles. The van der Waals surface area contributed by atoms with Gasteiger partial charge in [-0.2, -0.15) is 0 Å². The van der Waals surface area contributed by atoms with E-state index in [2.05, 4.69) is 10.3 Å². The fourth-order valence-corrected chi connectivity index (χ4v) is 1.63. The third-order valence-corrected chi connectivity index (χ3v) is 2.56. The number of nitrogen functional groups attached to an aromatic ring is 1. The van der Waals surface area contributed by atoms with Gasteiger partial charge < -0.3 is 20.5 Å². The first kappa shape index (κ1) is 13.0. The number of nitrogens with one attached hydrogen (secondary N) is 1. The van der Waals surface area contributed by atoms with E-state index >= 15 is 0 Å². The highest BCUT2D eigenvalue weighted by Gasteiger charge is 2.02. The Morgan fingerprint density at radius 2 is 1.95 bits per heavy atom. The maximum Gasteiger partial charge on any atom is 0.168 e. The van der Waals surface area contributed by atoms with Gasteiger partial charge in [-0.05, 0) is 24.3 Å². The summed E-state index contributed by atoms with van der Waals surface area (Å²) < 4.78 is 10.8. The summed E-state index contributed by atoms with van der Waals surface area (Å²) in [6.45, 7) is 1.11. The highest BCUT2D eigenvalue weighted by molar-refractivity contribution is 5.52. The van der Waals surface area contributed by atoms with E-state index in [1.54, 1.807) is 13.3 Å². The van der Waals surface area contributed by atoms with E-state index in [0.29, 0.717) is 36.2 Å². The van der Waals surface area contributed by atoms with Crippen molar-refractivity contribution in [2.24, 2.45) is 0 Å². The topological polar surface area (TPSA) is 69.4 Å². The molecule has 5 heteroatoms. The highest BCUT2D eigenvalue weighted by atomic mass is 16.5. The van der Waals surface area contributed by atoms with Gasteiger partial charge >= 0.3 is 0 Å². The summed E-state index contributed by atoms with van der Waals surface area (Å²) in [6, 6.07) is 11.1. The fraction of sp³-hybridized carbons (Fsp3) is 0.214. The third kappa shape index (κ3) is 3.51. The molecule has 0 atom stereocenters. The van der Waals surface area contributed by atoms with Crippen molar-refractivity contribution < 1.29 is 9.47 Å². The lowest BCUT2D eigenvalue weighted by molar-refractivity contribution is 0.334. The maximum absolute atomic E-state index is 5.78. The van der Waals surface area contributed by atoms with Gasteiger partial charge in [0.05, 0.1) is 19.3 Å². The van der Waals surface area contributed by atoms with E-state index in [0.717, 1.165) is 0 Å². The molecule has 0 saturated carbocycles. The first-order valence-electron chi connectivity index (χ1n) is 6.01. The Bertz CT molecular complexity index is 532. The summed E-state index contributed by atoms with van der Waals surface area (Å²) >= 11 is 0. The molecule has 2 aromatic rings. The van der Waals surface area contributed by atoms with Crippen LogP contribution >= 0.6 is 0 Å². The second kappa shape index (κ2) is 6.49. The average Bonchev–Trinajstić information content (AvgIpc) is 2.45. The van der Waals surface area contributed by atoms with Crippen LogP contribution in [0.4, 0.5) is 11.5 Å². The van der Waals surface area contributed by atoms with Gasteiger partial charge in [0, 0.05) is 6.20 Å². The minimum absolute atomic E-state index is 0.494. The van der Waals surface area contributed by atoms with E-state index in [1.165, 1.54) is 0 Å². The molecule has 3 N–H and O–H groups in total. The van der Waals surface area contributed by atoms with Crippen molar-refractivity contribution in [1.29, 1.82) is 0 Å². The number of aromatic nitrogens is 1. The van der Waals surface area contributed by atoms with Gasteiger partial charge in [-0.1, -0.05) is 12.1 Å². The third-order valence-electron chi connectivity index (χ3n) is 2.56. The first-order chi connectivity index (χ1) is 9.31. The zero-order chi connectivity index (χ0) is 13.5. The van der Waals surface area contributed by atoms with Crippen molar-refractivity contribution in [3.63, 3.8) is 0 Å². The van der Waals surface area contributed by atoms with E-state index in [1.807, 2.05) is 36.4 Å². The van der Waals surface area contributed by atoms with Gasteiger partial charge in [0.1, 0.15) is 12.4 Å². The number of para-hydroxylation sites is 2. The molecular weight excluding hydrogens is 242 g/mol. The van der Waals surface area contributed by atoms with Crippen molar-refractivity contribution in [3.8, 4) is 11.5 Å². The Kier molecular flexibility index (Phi) is 4.44. The van der Waals surface area contributed by atoms with Crippen LogP contribution in [-0.2, 0) is 0 Å². The van der Waals surface area contributed by atoms with E-state index < -0.39 is 0 Å². The number of nitrogens with two attached hydrogens (primary N) is 1. The minimum atomic E-state index is 0.494. The van der Waals surface area contributed by atoms with E-state index in [9.17, 15) is 0 Å². The lowest BCUT2D eigenvalue weighted by Gasteiger charge is -2.11. The molecule has 19 heavy (non-hydrogen) atoms. The van der Waals surface area contributed by atoms with Gasteiger partial charge in [0.15, 0.2) is 11.6 Å². The predicted molar refractivity (Wildman–Crippen MR) is 75.6 cm³/mol. The van der Waals surface area contributed by atoms with E-state index in [-0.39, 0.29) is 0 Å². The maximum atomic E-state index is 5.78. The lowest BCUT2D eigenvalue weighted by atomic mass is 10.3. The minimum Gasteiger partial charge on any atom is -0.493 e. The van der Waals surface area contributed by atoms with Crippen molar-refractivity contribution in [2.45, 2.75) is 0 Å². The summed E-state index contributed by atoms with van der Waals surface area (Å²) in [5.74, 6) is 2.11. The number of rotatable bonds is 6. The zero-order valence-corrected chi connectivity index (χ0v) is 10.8. The van der Waals surface area contributed by atoms with Crippen molar-refractivity contribution in [3.05, 3.63) is 42.6 Å². The monoisotopic (exact) mass is 259 g/mol. The van der Waals surface area contributed by atoms with Gasteiger partial charge in [0.2, 0.25) is 0 Å². The second-order valence-electron chi connectivity index (χ2n) is 3.87. The quantitative estimate of drug-likeness (QED) is 0.614. The van der Waals surface area contributed by atoms with Crippen molar-refractivity contribution in [2.75, 3.05) is 31.3 Å². The van der Waals surface area contributed by atoms with Crippen LogP contribution in [0, 0.1) is 0 Å². The summed E-state index contributed by atoms with van der Waals surface area (Å²) in [7, 11) is 1.61. The van der Waals surface area contributed by atoms with Crippen LogP contribution in [-0.4, -0.2) is 25.2 Å². The molecule has 1 aromatic carbocycles. The lowest BCUT2D eigenvalue weighted by Crippen LogP contribution is -2.13. The van der Waals surface area contributed by atoms with Crippen LogP contribution in [0.2, 0.25) is 0 Å². The predicted octanol–water partition coefficient (Wildman–Crippen LogP) is 2.16. The Labute approximate surface area is 112 Å². The fourth-order valence-electron chi connectivity index (χ4n) is 1.63. The smallest absolute Gasteiger partial charge is 0.168 e. The Morgan fingerprint density at radius 3 is 2.74 bits per heavy atom. The molecule has 0 spiro atoms. The molecule has 0 fully saturated rings. The van der Waals surface area contributed by atoms with Crippen LogP contribution < -0.4 is 20.5 Å². The Balaban J connectivity index is 1.83. The zero-order valence-electron chi connectivity index (χ0n) is 10.8. The molecule has 0 amide bonds. The summed E-state index contributed by atoms with van der Waals surface area (Å²) in [6.07, 6.45) is 1.71. The number of anilines is 2. The number of hydrogen-bond acceptors (Lipinski definition) is 5. The van der Waals surface area contributed by atoms with Gasteiger partial charge in [-0.3, -0.25) is 0 Å². The van der Waals surface area contributed by atoms with Crippen LogP contribution in [0.15, 0.2) is 42.6 Å². The molecule has 2 rings (SSSR count). The molecule has 0 unspecified atom stereocenters. The molecule has 1 aromatic heterocycles. The Morgan fingerprint density at radius 1 is 1.16 bits per heavy atom. The number of benzene rings is 1. The normalized spacial score (nSPS) is 9.95. The van der Waals surface area contributed by atoms with Crippen LogP contribution in [0.1, 0.15) is 0 Å². The largest absolute Gasteiger partial charge is 0.493 e. The molecule has 100 valence electrons. The average molecular weight is 259 g/mol. The van der Waals surface area contributed by atoms with Gasteiger partial charge in [-0.25, -0.2) is 4.98 Å². The molecular formula is C14H17N3O2. The van der Waals surface area contributed by atoms with Crippen molar-refractivity contribution >= 4 is 11.5 Å². The SMILES string of the molecule is COc1cccnc1NCCOc1ccccc1N. The standard InChI is InChI=1S/C14H17N3O2/c1-18-13-7-4-8-16-14(13)17-9-10-19-12-6-3-2-5-11(12)15/h2-8H,9-10,15H2,1H3,(H,16,17). The highest BCUT2D eigenvalue weighted by Crippen LogP contribution is 2.21. The molecule has 0 radical (unpaired) electrons. The van der Waals surface area contributed by atoms with Gasteiger partial charge in [0.25, 0.3) is 0 Å². The number of pyridine rings is 1. The van der Waals surface area contributed by atoms with Crippen LogP contribution in [0.25, 0.3) is 0 Å². The Hall–Kier alpha value is -2.43. The first-order valence-corrected chi connectivity index (χ1v) is 6.01. The summed E-state index contributed by atoms with van der Waals surface area (Å²) in [4.78, 5) is 4.20. The second-order valence-corrected chi connectivity index (χ2v) is 3.87. The number of methoxy groups -OCH3 is 1. The van der Waals surface area contributed by atoms with Gasteiger partial charge in [-0.15, -0.1) is 0 Å². The number of nitrogens with zero attached hydrogens (tertiary/aromatic N) is 1. The molecule has 0 aliphatic carbocycles. The number of ether oxygens (including phenoxy) is 2. The summed E-state index contributed by atoms with van der Waals surface area (Å²) in [5.41, 5.74) is 6.42. The number of hydrogen-bond donors (Lipinski definition) is 2. The van der Waals surface area contributed by atoms with Crippen LogP contribution in [0.3, 0.4) is 0 Å². The van der Waals surface area contributed by atoms with Crippen molar-refractivity contribution in [1.82, 2.24) is 4.98 Å². The molecule has 0 saturated heterocycles. The molecule has 1 heterocycles. The molecule has 0 aliphatic rings. The van der Waals surface area contributed by atoms with Crippen LogP contribution in [0.5, 0.6) is 11.5 Å². The molecule has 5 nitrogen and oxygen atoms in total. The molecule has 0 bridgehead atoms.